The van der Waals surface area contributed by atoms with E-state index in [2.05, 4.69) is 15.6 Å². The van der Waals surface area contributed by atoms with Crippen molar-refractivity contribution >= 4 is 17.5 Å². The Morgan fingerprint density at radius 2 is 2.33 bits per heavy atom. The van der Waals surface area contributed by atoms with E-state index in [9.17, 15) is 19.7 Å². The largest absolute Gasteiger partial charge is 0.354 e. The number of aromatic nitrogens is 1. The summed E-state index contributed by atoms with van der Waals surface area (Å²) >= 11 is 0. The van der Waals surface area contributed by atoms with E-state index >= 15 is 0 Å². The van der Waals surface area contributed by atoms with Crippen molar-refractivity contribution in [3.05, 3.63) is 28.1 Å². The van der Waals surface area contributed by atoms with Gasteiger partial charge in [0.2, 0.25) is 5.91 Å². The van der Waals surface area contributed by atoms with Crippen LogP contribution >= 0.6 is 0 Å². The van der Waals surface area contributed by atoms with E-state index < -0.39 is 10.8 Å². The van der Waals surface area contributed by atoms with E-state index in [1.807, 2.05) is 0 Å². The second-order valence-corrected chi connectivity index (χ2v) is 4.04. The fourth-order valence-electron chi connectivity index (χ4n) is 1.74. The highest BCUT2D eigenvalue weighted by molar-refractivity contribution is 5.93. The number of piperidine rings is 1. The van der Waals surface area contributed by atoms with Crippen LogP contribution in [0.2, 0.25) is 0 Å². The average Bonchev–Trinajstić information content (AvgIpc) is 2.81. The highest BCUT2D eigenvalue weighted by atomic mass is 16.6. The predicted octanol–water partition coefficient (Wildman–Crippen LogP) is -0.0687. The number of rotatable bonds is 3. The van der Waals surface area contributed by atoms with Gasteiger partial charge in [-0.3, -0.25) is 19.7 Å². The summed E-state index contributed by atoms with van der Waals surface area (Å²) in [4.78, 5) is 35.1. The normalized spacial score (nSPS) is 19.1. The third-order valence-electron chi connectivity index (χ3n) is 2.72. The third-order valence-corrected chi connectivity index (χ3v) is 2.72. The number of carbonyl (C=O) groups excluding carboxylic acids is 2. The van der Waals surface area contributed by atoms with Gasteiger partial charge in [-0.2, -0.15) is 0 Å². The quantitative estimate of drug-likeness (QED) is 0.515. The van der Waals surface area contributed by atoms with Crippen LogP contribution in [-0.2, 0) is 4.79 Å². The molecule has 1 aliphatic rings. The summed E-state index contributed by atoms with van der Waals surface area (Å²) in [6, 6.07) is 1.04. The van der Waals surface area contributed by atoms with Crippen LogP contribution in [0.1, 0.15) is 23.3 Å². The molecule has 1 saturated heterocycles. The number of nitrogens with zero attached hydrogens (tertiary/aromatic N) is 1. The average molecular weight is 252 g/mol. The van der Waals surface area contributed by atoms with Crippen LogP contribution in [0.5, 0.6) is 0 Å². The van der Waals surface area contributed by atoms with Crippen LogP contribution in [0.3, 0.4) is 0 Å². The van der Waals surface area contributed by atoms with E-state index in [0.29, 0.717) is 19.4 Å². The first kappa shape index (κ1) is 12.1. The summed E-state index contributed by atoms with van der Waals surface area (Å²) < 4.78 is 0. The fraction of sp³-hybridized carbons (Fsp3) is 0.400. The molecular weight excluding hydrogens is 240 g/mol. The molecule has 1 fully saturated rings. The number of aromatic amines is 1. The van der Waals surface area contributed by atoms with Gasteiger partial charge in [0.05, 0.1) is 11.1 Å². The molecule has 1 aromatic heterocycles. The number of amides is 2. The zero-order valence-corrected chi connectivity index (χ0v) is 9.43. The number of carbonyl (C=O) groups is 2. The lowest BCUT2D eigenvalue weighted by Gasteiger charge is -2.23. The smallest absolute Gasteiger partial charge is 0.287 e. The van der Waals surface area contributed by atoms with Crippen molar-refractivity contribution in [2.45, 2.75) is 18.9 Å². The summed E-state index contributed by atoms with van der Waals surface area (Å²) in [5.74, 6) is -0.444. The predicted molar refractivity (Wildman–Crippen MR) is 60.9 cm³/mol. The molecule has 2 heterocycles. The summed E-state index contributed by atoms with van der Waals surface area (Å²) in [6.07, 6.45) is 2.10. The third kappa shape index (κ3) is 2.65. The minimum atomic E-state index is -0.575. The van der Waals surface area contributed by atoms with Gasteiger partial charge in [-0.1, -0.05) is 0 Å². The minimum Gasteiger partial charge on any atom is -0.354 e. The van der Waals surface area contributed by atoms with Crippen LogP contribution in [0, 0.1) is 10.1 Å². The lowest BCUT2D eigenvalue weighted by atomic mass is 10.1. The molecule has 2 rings (SSSR count). The molecule has 18 heavy (non-hydrogen) atoms. The number of nitrogens with one attached hydrogen (secondary N) is 3. The van der Waals surface area contributed by atoms with Gasteiger partial charge in [0.25, 0.3) is 11.6 Å². The van der Waals surface area contributed by atoms with E-state index in [1.165, 1.54) is 6.07 Å². The van der Waals surface area contributed by atoms with E-state index in [1.54, 1.807) is 0 Å². The zero-order chi connectivity index (χ0) is 13.1. The van der Waals surface area contributed by atoms with Gasteiger partial charge in [-0.25, -0.2) is 0 Å². The molecule has 0 spiro atoms. The Balaban J connectivity index is 1.94. The molecule has 8 nitrogen and oxygen atoms in total. The molecule has 0 bridgehead atoms. The molecule has 1 aromatic rings. The summed E-state index contributed by atoms with van der Waals surface area (Å²) in [6.45, 7) is 0.382. The highest BCUT2D eigenvalue weighted by Gasteiger charge is 2.21. The van der Waals surface area contributed by atoms with Crippen LogP contribution in [-0.4, -0.2) is 34.3 Å². The first-order valence-corrected chi connectivity index (χ1v) is 5.46. The molecule has 1 unspecified atom stereocenters. The monoisotopic (exact) mass is 252 g/mol. The highest BCUT2D eigenvalue weighted by Crippen LogP contribution is 2.12. The Hall–Kier alpha value is -2.38. The van der Waals surface area contributed by atoms with Crippen molar-refractivity contribution in [2.24, 2.45) is 0 Å². The summed E-state index contributed by atoms with van der Waals surface area (Å²) in [7, 11) is 0. The van der Waals surface area contributed by atoms with Crippen molar-refractivity contribution in [3.8, 4) is 0 Å². The Kier molecular flexibility index (Phi) is 3.26. The fourth-order valence-corrected chi connectivity index (χ4v) is 1.74. The Morgan fingerprint density at radius 3 is 2.89 bits per heavy atom. The first-order valence-electron chi connectivity index (χ1n) is 5.46. The van der Waals surface area contributed by atoms with E-state index in [4.69, 9.17) is 0 Å². The maximum Gasteiger partial charge on any atom is 0.287 e. The van der Waals surface area contributed by atoms with Crippen LogP contribution in [0.15, 0.2) is 12.3 Å². The maximum absolute atomic E-state index is 11.8. The molecule has 1 aliphatic heterocycles. The van der Waals surface area contributed by atoms with Crippen LogP contribution in [0.4, 0.5) is 5.69 Å². The topological polar surface area (TPSA) is 117 Å². The lowest BCUT2D eigenvalue weighted by molar-refractivity contribution is -0.384. The van der Waals surface area contributed by atoms with Gasteiger partial charge in [0, 0.05) is 25.1 Å². The zero-order valence-electron chi connectivity index (χ0n) is 9.43. The van der Waals surface area contributed by atoms with Gasteiger partial charge < -0.3 is 15.6 Å². The van der Waals surface area contributed by atoms with Gasteiger partial charge in [0.1, 0.15) is 5.69 Å². The molecule has 0 saturated carbocycles. The van der Waals surface area contributed by atoms with Crippen molar-refractivity contribution in [1.29, 1.82) is 0 Å². The Morgan fingerprint density at radius 1 is 1.56 bits per heavy atom. The summed E-state index contributed by atoms with van der Waals surface area (Å²) in [5.41, 5.74) is -0.0179. The van der Waals surface area contributed by atoms with Gasteiger partial charge in [-0.05, 0) is 6.42 Å². The number of hydrogen-bond donors (Lipinski definition) is 3. The van der Waals surface area contributed by atoms with Crippen molar-refractivity contribution in [3.63, 3.8) is 0 Å². The molecule has 0 aromatic carbocycles. The Bertz CT molecular complexity index is 486. The maximum atomic E-state index is 11.8. The SMILES string of the molecule is O=C1CCC(NC(=O)c2cc([N+](=O)[O-])c[nH]2)CN1. The van der Waals surface area contributed by atoms with Gasteiger partial charge >= 0.3 is 0 Å². The lowest BCUT2D eigenvalue weighted by Crippen LogP contribution is -2.47. The Labute approximate surface area is 102 Å². The number of H-pyrrole nitrogens is 1. The molecule has 1 atom stereocenters. The second-order valence-electron chi connectivity index (χ2n) is 4.04. The van der Waals surface area contributed by atoms with E-state index in [0.717, 1.165) is 6.20 Å². The van der Waals surface area contributed by atoms with Gasteiger partial charge in [-0.15, -0.1) is 0 Å². The van der Waals surface area contributed by atoms with Crippen LogP contribution < -0.4 is 10.6 Å². The van der Waals surface area contributed by atoms with Crippen molar-refractivity contribution < 1.29 is 14.5 Å². The molecule has 2 amide bonds. The van der Waals surface area contributed by atoms with Gasteiger partial charge in [0.15, 0.2) is 0 Å². The summed E-state index contributed by atoms with van der Waals surface area (Å²) in [5, 5.41) is 15.8. The van der Waals surface area contributed by atoms with E-state index in [-0.39, 0.29) is 23.3 Å². The molecule has 96 valence electrons. The van der Waals surface area contributed by atoms with Crippen molar-refractivity contribution in [1.82, 2.24) is 15.6 Å². The molecule has 0 radical (unpaired) electrons. The molecule has 8 heteroatoms. The molecular formula is C10H12N4O4. The first-order chi connectivity index (χ1) is 8.56. The minimum absolute atomic E-state index is 0.0315. The number of hydrogen-bond acceptors (Lipinski definition) is 4. The number of nitro groups is 1. The second kappa shape index (κ2) is 4.86. The van der Waals surface area contributed by atoms with Crippen LogP contribution in [0.25, 0.3) is 0 Å². The molecule has 3 N–H and O–H groups in total. The standard InChI is InChI=1S/C10H12N4O4/c15-9-2-1-6(4-12-9)13-10(16)8-3-7(5-11-8)14(17)18/h3,5-6,11H,1-2,4H2,(H,12,15)(H,13,16). The van der Waals surface area contributed by atoms with Crippen molar-refractivity contribution in [2.75, 3.05) is 6.54 Å². The molecule has 0 aliphatic carbocycles.